The fourth-order valence-electron chi connectivity index (χ4n) is 1.62. The summed E-state index contributed by atoms with van der Waals surface area (Å²) in [6.07, 6.45) is 3.29. The Hall–Kier alpha value is -0.930. The van der Waals surface area contributed by atoms with Gasteiger partial charge in [0.1, 0.15) is 5.52 Å². The quantitative estimate of drug-likeness (QED) is 0.771. The first kappa shape index (κ1) is 15.5. The van der Waals surface area contributed by atoms with Crippen molar-refractivity contribution in [3.63, 3.8) is 0 Å². The minimum atomic E-state index is -0.930. The molecule has 0 radical (unpaired) electrons. The van der Waals surface area contributed by atoms with Gasteiger partial charge < -0.3 is 9.67 Å². The van der Waals surface area contributed by atoms with Gasteiger partial charge in [0.15, 0.2) is 10.8 Å². The van der Waals surface area contributed by atoms with Crippen LogP contribution in [0.3, 0.4) is 0 Å². The van der Waals surface area contributed by atoms with Crippen molar-refractivity contribution in [2.24, 2.45) is 0 Å². The number of nitrogens with zero attached hydrogens (tertiary/aromatic N) is 3. The van der Waals surface area contributed by atoms with E-state index in [2.05, 4.69) is 25.9 Å². The lowest BCUT2D eigenvalue weighted by molar-refractivity contribution is -0.133. The Balaban J connectivity index is 2.39. The number of aryl methyl sites for hydroxylation is 1. The van der Waals surface area contributed by atoms with Crippen LogP contribution >= 0.6 is 27.7 Å². The summed E-state index contributed by atoms with van der Waals surface area (Å²) in [4.78, 5) is 19.4. The molecule has 0 aromatic carbocycles. The molecule has 9 heteroatoms. The average molecular weight is 378 g/mol. The molecule has 0 saturated carbocycles. The van der Waals surface area contributed by atoms with Gasteiger partial charge in [-0.05, 0) is 22.0 Å². The molecule has 2 rings (SSSR count). The van der Waals surface area contributed by atoms with Gasteiger partial charge in [-0.3, -0.25) is 9.00 Å². The molecule has 1 N–H and O–H groups in total. The van der Waals surface area contributed by atoms with Crippen molar-refractivity contribution in [1.82, 2.24) is 14.5 Å². The van der Waals surface area contributed by atoms with E-state index in [-0.39, 0.29) is 5.75 Å². The molecule has 6 nitrogen and oxygen atoms in total. The monoisotopic (exact) mass is 377 g/mol. The van der Waals surface area contributed by atoms with E-state index < -0.39 is 16.8 Å². The molecule has 0 bridgehead atoms. The first-order chi connectivity index (χ1) is 9.47. The molecular weight excluding hydrogens is 366 g/mol. The number of rotatable bonds is 6. The molecule has 2 aromatic rings. The van der Waals surface area contributed by atoms with E-state index in [1.165, 1.54) is 0 Å². The number of aliphatic carboxylic acids is 1. The predicted molar refractivity (Wildman–Crippen MR) is 82.5 cm³/mol. The number of fused-ring (bicyclic) bond motifs is 1. The van der Waals surface area contributed by atoms with Crippen LogP contribution in [0.25, 0.3) is 11.2 Å². The molecule has 108 valence electrons. The third kappa shape index (κ3) is 3.80. The van der Waals surface area contributed by atoms with E-state index >= 15 is 0 Å². The number of hydrogen-bond acceptors (Lipinski definition) is 5. The maximum Gasteiger partial charge on any atom is 0.313 e. The van der Waals surface area contributed by atoms with E-state index in [1.54, 1.807) is 12.5 Å². The second-order valence-corrected chi connectivity index (χ2v) is 7.41. The Morgan fingerprint density at radius 1 is 1.60 bits per heavy atom. The molecule has 1 atom stereocenters. The highest BCUT2D eigenvalue weighted by Crippen LogP contribution is 2.24. The summed E-state index contributed by atoms with van der Waals surface area (Å²) in [5.41, 5.74) is 1.36. The van der Waals surface area contributed by atoms with E-state index in [1.807, 2.05) is 10.6 Å². The van der Waals surface area contributed by atoms with Crippen molar-refractivity contribution in [1.29, 1.82) is 0 Å². The highest BCUT2D eigenvalue weighted by atomic mass is 79.9. The largest absolute Gasteiger partial charge is 0.481 e. The van der Waals surface area contributed by atoms with Gasteiger partial charge >= 0.3 is 5.97 Å². The van der Waals surface area contributed by atoms with Crippen LogP contribution in [0.2, 0.25) is 0 Å². The van der Waals surface area contributed by atoms with Crippen LogP contribution in [0.1, 0.15) is 0 Å². The summed E-state index contributed by atoms with van der Waals surface area (Å²) in [5, 5.41) is 9.36. The second kappa shape index (κ2) is 6.68. The smallest absolute Gasteiger partial charge is 0.313 e. The maximum atomic E-state index is 11.3. The normalized spacial score (nSPS) is 12.7. The van der Waals surface area contributed by atoms with E-state index in [9.17, 15) is 9.00 Å². The molecule has 2 aromatic heterocycles. The lowest BCUT2D eigenvalue weighted by atomic mass is 10.4. The summed E-state index contributed by atoms with van der Waals surface area (Å²) in [7, 11) is -0.930. The van der Waals surface area contributed by atoms with Crippen LogP contribution < -0.4 is 0 Å². The Bertz CT molecular complexity index is 674. The van der Waals surface area contributed by atoms with Gasteiger partial charge in [0, 0.05) is 40.0 Å². The van der Waals surface area contributed by atoms with Crippen molar-refractivity contribution in [3.8, 4) is 0 Å². The van der Waals surface area contributed by atoms with E-state index in [0.29, 0.717) is 28.6 Å². The van der Waals surface area contributed by atoms with Crippen molar-refractivity contribution >= 4 is 55.6 Å². The van der Waals surface area contributed by atoms with Crippen molar-refractivity contribution in [3.05, 3.63) is 16.7 Å². The number of imidazole rings is 1. The number of hydrogen-bond donors (Lipinski definition) is 1. The summed E-state index contributed by atoms with van der Waals surface area (Å²) in [6.45, 7) is 0.496. The maximum absolute atomic E-state index is 11.3. The molecule has 0 aliphatic rings. The summed E-state index contributed by atoms with van der Waals surface area (Å²) >= 11 is 4.47. The van der Waals surface area contributed by atoms with Crippen LogP contribution in [0.15, 0.2) is 21.9 Å². The van der Waals surface area contributed by atoms with Gasteiger partial charge in [0.25, 0.3) is 0 Å². The fraction of sp³-hybridized carbons (Fsp3) is 0.364. The zero-order chi connectivity index (χ0) is 14.7. The predicted octanol–water partition coefficient (Wildman–Crippen LogP) is 1.75. The molecule has 0 aliphatic carbocycles. The van der Waals surface area contributed by atoms with Crippen LogP contribution in [0.4, 0.5) is 0 Å². The molecule has 0 amide bonds. The molecule has 0 spiro atoms. The third-order valence-corrected chi connectivity index (χ3v) is 4.60. The summed E-state index contributed by atoms with van der Waals surface area (Å²) < 4.78 is 13.9. The number of carboxylic acid groups (broad SMARTS) is 1. The van der Waals surface area contributed by atoms with Gasteiger partial charge in [0.2, 0.25) is 0 Å². The number of thioether (sulfide) groups is 1. The van der Waals surface area contributed by atoms with Crippen molar-refractivity contribution in [2.45, 2.75) is 11.7 Å². The van der Waals surface area contributed by atoms with Crippen LogP contribution in [0, 0.1) is 0 Å². The number of aromatic nitrogens is 3. The first-order valence-corrected chi connectivity index (χ1v) is 9.14. The highest BCUT2D eigenvalue weighted by molar-refractivity contribution is 9.10. The molecule has 0 fully saturated rings. The first-order valence-electron chi connectivity index (χ1n) is 5.64. The van der Waals surface area contributed by atoms with Crippen molar-refractivity contribution in [2.75, 3.05) is 17.8 Å². The summed E-state index contributed by atoms with van der Waals surface area (Å²) in [6, 6.07) is 1.83. The second-order valence-electron chi connectivity index (χ2n) is 4.00. The highest BCUT2D eigenvalue weighted by Gasteiger charge is 2.14. The van der Waals surface area contributed by atoms with E-state index in [0.717, 1.165) is 16.2 Å². The molecular formula is C11H12BrN3O3S2. The lowest BCUT2D eigenvalue weighted by Crippen LogP contribution is -2.09. The number of carbonyl (C=O) groups is 1. The minimum Gasteiger partial charge on any atom is -0.481 e. The number of pyridine rings is 1. The Morgan fingerprint density at radius 2 is 2.35 bits per heavy atom. The topological polar surface area (TPSA) is 85.1 Å². The zero-order valence-electron chi connectivity index (χ0n) is 10.6. The fourth-order valence-corrected chi connectivity index (χ4v) is 3.13. The Kier molecular flexibility index (Phi) is 5.17. The van der Waals surface area contributed by atoms with E-state index in [4.69, 9.17) is 5.11 Å². The molecule has 0 aliphatic heterocycles. The lowest BCUT2D eigenvalue weighted by Gasteiger charge is -2.06. The van der Waals surface area contributed by atoms with Gasteiger partial charge in [-0.15, -0.1) is 0 Å². The zero-order valence-corrected chi connectivity index (χ0v) is 13.8. The number of carboxylic acids is 1. The Morgan fingerprint density at radius 3 is 3.00 bits per heavy atom. The minimum absolute atomic E-state index is 0.0697. The molecule has 20 heavy (non-hydrogen) atoms. The molecule has 1 unspecified atom stereocenters. The average Bonchev–Trinajstić information content (AvgIpc) is 2.70. The molecule has 2 heterocycles. The number of halogens is 1. The molecule has 0 saturated heterocycles. The van der Waals surface area contributed by atoms with Gasteiger partial charge in [-0.25, -0.2) is 9.97 Å². The van der Waals surface area contributed by atoms with Gasteiger partial charge in [0.05, 0.1) is 5.75 Å². The standard InChI is InChI=1S/C11H12BrN3O3S2/c1-20(18)3-2-15-10-8(4-7(12)5-13-10)14-11(15)19-6-9(16)17/h4-5H,2-3,6H2,1H3,(H,16,17). The SMILES string of the molecule is CS(=O)CCn1c(SCC(=O)O)nc2cc(Br)cnc21. The van der Waals surface area contributed by atoms with Crippen LogP contribution in [-0.4, -0.2) is 47.6 Å². The Labute approximate surface area is 130 Å². The third-order valence-electron chi connectivity index (χ3n) is 2.44. The van der Waals surface area contributed by atoms with Gasteiger partial charge in [-0.1, -0.05) is 11.8 Å². The van der Waals surface area contributed by atoms with Gasteiger partial charge in [-0.2, -0.15) is 0 Å². The summed E-state index contributed by atoms with van der Waals surface area (Å²) in [5.74, 6) is -0.495. The van der Waals surface area contributed by atoms with Crippen molar-refractivity contribution < 1.29 is 14.1 Å². The van der Waals surface area contributed by atoms with Crippen LogP contribution in [0.5, 0.6) is 0 Å². The van der Waals surface area contributed by atoms with Crippen LogP contribution in [-0.2, 0) is 22.1 Å².